The number of hydrogen-bond donors (Lipinski definition) is 2. The van der Waals surface area contributed by atoms with Crippen LogP contribution >= 0.6 is 0 Å². The fourth-order valence-electron chi connectivity index (χ4n) is 2.23. The minimum absolute atomic E-state index is 0.120. The number of nitriles is 1. The maximum atomic E-state index is 10.8. The van der Waals surface area contributed by atoms with Crippen LogP contribution in [0, 0.1) is 21.4 Å². The average molecular weight is 247 g/mol. The molecule has 1 aliphatic rings. The molecule has 0 bridgehead atoms. The first-order chi connectivity index (χ1) is 8.63. The summed E-state index contributed by atoms with van der Waals surface area (Å²) in [4.78, 5) is 10.2. The molecule has 1 heterocycles. The van der Waals surface area contributed by atoms with E-state index in [1.807, 2.05) is 6.07 Å². The molecule has 1 saturated heterocycles. The molecule has 0 spiro atoms. The van der Waals surface area contributed by atoms with Crippen molar-refractivity contribution in [2.75, 3.05) is 6.54 Å². The first-order valence-electron chi connectivity index (χ1n) is 5.78. The van der Waals surface area contributed by atoms with Gasteiger partial charge in [0.1, 0.15) is 0 Å². The molecule has 6 heteroatoms. The minimum Gasteiger partial charge on any atom is -0.502 e. The summed E-state index contributed by atoms with van der Waals surface area (Å²) in [7, 11) is 0. The second kappa shape index (κ2) is 5.02. The van der Waals surface area contributed by atoms with E-state index < -0.39 is 10.6 Å². The molecule has 1 fully saturated rings. The van der Waals surface area contributed by atoms with Gasteiger partial charge in [-0.05, 0) is 25.5 Å². The van der Waals surface area contributed by atoms with Crippen molar-refractivity contribution in [3.63, 3.8) is 0 Å². The smallest absolute Gasteiger partial charge is 0.312 e. The molecule has 1 aromatic rings. The number of nitrogens with one attached hydrogen (secondary N) is 1. The number of nitro benzene ring substituents is 1. The van der Waals surface area contributed by atoms with E-state index in [1.165, 1.54) is 6.07 Å². The molecule has 2 N–H and O–H groups in total. The zero-order chi connectivity index (χ0) is 13.1. The van der Waals surface area contributed by atoms with E-state index in [0.717, 1.165) is 31.9 Å². The second-order valence-electron chi connectivity index (χ2n) is 4.30. The zero-order valence-corrected chi connectivity index (χ0v) is 9.72. The maximum Gasteiger partial charge on any atom is 0.312 e. The number of phenols is 1. The molecular formula is C12H13N3O3. The Morgan fingerprint density at radius 1 is 1.50 bits per heavy atom. The van der Waals surface area contributed by atoms with Gasteiger partial charge < -0.3 is 10.4 Å². The summed E-state index contributed by atoms with van der Waals surface area (Å²) in [5.41, 5.74) is 0.235. The van der Waals surface area contributed by atoms with Crippen LogP contribution in [-0.2, 0) is 0 Å². The standard InChI is InChI=1S/C12H13N3O3/c13-7-8-5-9(10-3-1-2-4-14-10)12(16)11(6-8)15(17)18/h5-6,10,14,16H,1-4H2/t10-/m1/s1. The maximum absolute atomic E-state index is 10.8. The Hall–Kier alpha value is -2.13. The number of nitrogens with zero attached hydrogens (tertiary/aromatic N) is 2. The first-order valence-corrected chi connectivity index (χ1v) is 5.78. The van der Waals surface area contributed by atoms with E-state index in [9.17, 15) is 15.2 Å². The molecular weight excluding hydrogens is 234 g/mol. The quantitative estimate of drug-likeness (QED) is 0.615. The highest BCUT2D eigenvalue weighted by atomic mass is 16.6. The van der Waals surface area contributed by atoms with Crippen molar-refractivity contribution in [1.82, 2.24) is 5.32 Å². The summed E-state index contributed by atoms with van der Waals surface area (Å²) in [5, 5.41) is 32.9. The van der Waals surface area contributed by atoms with E-state index in [2.05, 4.69) is 5.32 Å². The molecule has 18 heavy (non-hydrogen) atoms. The number of nitro groups is 1. The van der Waals surface area contributed by atoms with E-state index in [0.29, 0.717) is 5.56 Å². The molecule has 0 aliphatic carbocycles. The third-order valence-corrected chi connectivity index (χ3v) is 3.13. The summed E-state index contributed by atoms with van der Waals surface area (Å²) in [6.45, 7) is 0.814. The molecule has 1 atom stereocenters. The van der Waals surface area contributed by atoms with E-state index in [4.69, 9.17) is 5.26 Å². The van der Waals surface area contributed by atoms with Gasteiger partial charge in [-0.15, -0.1) is 0 Å². The Kier molecular flexibility index (Phi) is 3.44. The summed E-state index contributed by atoms with van der Waals surface area (Å²) < 4.78 is 0. The highest BCUT2D eigenvalue weighted by Crippen LogP contribution is 2.37. The molecule has 0 saturated carbocycles. The molecule has 0 unspecified atom stereocenters. The topological polar surface area (TPSA) is 99.2 Å². The van der Waals surface area contributed by atoms with Gasteiger partial charge >= 0.3 is 5.69 Å². The Morgan fingerprint density at radius 3 is 2.83 bits per heavy atom. The number of aromatic hydroxyl groups is 1. The van der Waals surface area contributed by atoms with Crippen molar-refractivity contribution in [2.45, 2.75) is 25.3 Å². The number of rotatable bonds is 2. The molecule has 0 amide bonds. The second-order valence-corrected chi connectivity index (χ2v) is 4.30. The van der Waals surface area contributed by atoms with Crippen LogP contribution < -0.4 is 5.32 Å². The summed E-state index contributed by atoms with van der Waals surface area (Å²) in [6.07, 6.45) is 2.86. The van der Waals surface area contributed by atoms with Crippen molar-refractivity contribution in [3.8, 4) is 11.8 Å². The lowest BCUT2D eigenvalue weighted by molar-refractivity contribution is -0.386. The lowest BCUT2D eigenvalue weighted by atomic mass is 9.95. The van der Waals surface area contributed by atoms with Gasteiger partial charge in [-0.1, -0.05) is 6.42 Å². The molecule has 1 aromatic carbocycles. The van der Waals surface area contributed by atoms with Crippen LogP contribution in [0.3, 0.4) is 0 Å². The third kappa shape index (κ3) is 2.26. The Balaban J connectivity index is 2.48. The highest BCUT2D eigenvalue weighted by molar-refractivity contribution is 5.57. The van der Waals surface area contributed by atoms with E-state index >= 15 is 0 Å². The molecule has 1 aliphatic heterocycles. The normalized spacial score (nSPS) is 19.2. The zero-order valence-electron chi connectivity index (χ0n) is 9.72. The molecule has 0 aromatic heterocycles. The van der Waals surface area contributed by atoms with Gasteiger partial charge in [-0.3, -0.25) is 10.1 Å². The van der Waals surface area contributed by atoms with Gasteiger partial charge in [0.25, 0.3) is 0 Å². The van der Waals surface area contributed by atoms with Crippen LogP contribution in [0.15, 0.2) is 12.1 Å². The fourth-order valence-corrected chi connectivity index (χ4v) is 2.23. The van der Waals surface area contributed by atoms with Gasteiger partial charge in [0.05, 0.1) is 16.6 Å². The van der Waals surface area contributed by atoms with Crippen molar-refractivity contribution >= 4 is 5.69 Å². The van der Waals surface area contributed by atoms with Crippen LogP contribution in [0.25, 0.3) is 0 Å². The van der Waals surface area contributed by atoms with Gasteiger partial charge in [0, 0.05) is 17.7 Å². The summed E-state index contributed by atoms with van der Waals surface area (Å²) in [6, 6.07) is 4.38. The van der Waals surface area contributed by atoms with E-state index in [-0.39, 0.29) is 17.4 Å². The van der Waals surface area contributed by atoms with Gasteiger partial charge in [0.15, 0.2) is 5.75 Å². The minimum atomic E-state index is -0.664. The van der Waals surface area contributed by atoms with Crippen molar-refractivity contribution in [2.24, 2.45) is 0 Å². The molecule has 0 radical (unpaired) electrons. The molecule has 94 valence electrons. The number of hydrogen-bond acceptors (Lipinski definition) is 5. The molecule has 2 rings (SSSR count). The first kappa shape index (κ1) is 12.3. The monoisotopic (exact) mass is 247 g/mol. The molecule has 6 nitrogen and oxygen atoms in total. The van der Waals surface area contributed by atoms with Gasteiger partial charge in [-0.25, -0.2) is 0 Å². The van der Waals surface area contributed by atoms with Crippen molar-refractivity contribution in [1.29, 1.82) is 5.26 Å². The van der Waals surface area contributed by atoms with Crippen LogP contribution in [0.1, 0.15) is 36.4 Å². The fraction of sp³-hybridized carbons (Fsp3) is 0.417. The Bertz CT molecular complexity index is 516. The number of benzene rings is 1. The van der Waals surface area contributed by atoms with Crippen molar-refractivity contribution in [3.05, 3.63) is 33.4 Å². The Morgan fingerprint density at radius 2 is 2.28 bits per heavy atom. The Labute approximate surface area is 104 Å². The highest BCUT2D eigenvalue weighted by Gasteiger charge is 2.25. The lowest BCUT2D eigenvalue weighted by Gasteiger charge is -2.24. The predicted octanol–water partition coefficient (Wildman–Crippen LogP) is 1.99. The van der Waals surface area contributed by atoms with Crippen LogP contribution in [0.4, 0.5) is 5.69 Å². The van der Waals surface area contributed by atoms with Gasteiger partial charge in [-0.2, -0.15) is 5.26 Å². The van der Waals surface area contributed by atoms with Crippen molar-refractivity contribution < 1.29 is 10.0 Å². The van der Waals surface area contributed by atoms with E-state index in [1.54, 1.807) is 0 Å². The lowest BCUT2D eigenvalue weighted by Crippen LogP contribution is -2.27. The van der Waals surface area contributed by atoms with Gasteiger partial charge in [0.2, 0.25) is 0 Å². The third-order valence-electron chi connectivity index (χ3n) is 3.13. The number of phenolic OH excluding ortho intramolecular Hbond substituents is 1. The van der Waals surface area contributed by atoms with Crippen LogP contribution in [0.2, 0.25) is 0 Å². The SMILES string of the molecule is N#Cc1cc([C@H]2CCCCN2)c(O)c([N+](=O)[O-])c1. The summed E-state index contributed by atoms with van der Waals surface area (Å²) >= 11 is 0. The van der Waals surface area contributed by atoms with Crippen LogP contribution in [-0.4, -0.2) is 16.6 Å². The average Bonchev–Trinajstić information content (AvgIpc) is 2.39. The summed E-state index contributed by atoms with van der Waals surface area (Å²) in [5.74, 6) is -0.335. The van der Waals surface area contributed by atoms with Crippen LogP contribution in [0.5, 0.6) is 5.75 Å². The predicted molar refractivity (Wildman–Crippen MR) is 64.1 cm³/mol. The largest absolute Gasteiger partial charge is 0.502 e. The number of piperidine rings is 1.